The number of rotatable bonds is 4. The minimum absolute atomic E-state index is 0.443. The van der Waals surface area contributed by atoms with Crippen LogP contribution in [0.3, 0.4) is 0 Å². The number of H-pyrrole nitrogens is 1. The largest absolute Gasteiger partial charge is 0.348 e. The lowest BCUT2D eigenvalue weighted by Gasteiger charge is -2.10. The Labute approximate surface area is 160 Å². The van der Waals surface area contributed by atoms with Gasteiger partial charge in [0, 0.05) is 17.1 Å². The quantitative estimate of drug-likeness (QED) is 0.561. The Morgan fingerprint density at radius 3 is 2.96 bits per heavy atom. The normalized spacial score (nSPS) is 10.7. The first-order valence-corrected chi connectivity index (χ1v) is 8.59. The summed E-state index contributed by atoms with van der Waals surface area (Å²) in [4.78, 5) is 13.0. The molecule has 4 aromatic rings. The summed E-state index contributed by atoms with van der Waals surface area (Å²) in [6, 6.07) is 11.4. The van der Waals surface area contributed by atoms with Gasteiger partial charge in [0.05, 0.1) is 40.8 Å². The first-order chi connectivity index (χ1) is 13.2. The smallest absolute Gasteiger partial charge is 0.223 e. The molecule has 27 heavy (non-hydrogen) atoms. The lowest BCUT2D eigenvalue weighted by atomic mass is 10.0. The molecule has 3 heterocycles. The molecule has 4 rings (SSSR count). The van der Waals surface area contributed by atoms with Crippen molar-refractivity contribution in [1.29, 1.82) is 5.26 Å². The average Bonchev–Trinajstić information content (AvgIpc) is 3.11. The van der Waals surface area contributed by atoms with Gasteiger partial charge >= 0.3 is 0 Å². The van der Waals surface area contributed by atoms with Crippen molar-refractivity contribution in [2.75, 3.05) is 5.32 Å². The fourth-order valence-electron chi connectivity index (χ4n) is 2.85. The predicted molar refractivity (Wildman–Crippen MR) is 103 cm³/mol. The van der Waals surface area contributed by atoms with E-state index in [1.54, 1.807) is 18.5 Å². The van der Waals surface area contributed by atoms with E-state index in [0.29, 0.717) is 28.8 Å². The van der Waals surface area contributed by atoms with E-state index in [9.17, 15) is 0 Å². The molecular weight excluding hydrogens is 362 g/mol. The molecule has 0 unspecified atom stereocenters. The second kappa shape index (κ2) is 7.02. The van der Waals surface area contributed by atoms with Crippen LogP contribution in [0.5, 0.6) is 0 Å². The van der Waals surface area contributed by atoms with Gasteiger partial charge in [-0.3, -0.25) is 5.10 Å². The van der Waals surface area contributed by atoms with Crippen LogP contribution in [0.1, 0.15) is 16.8 Å². The third kappa shape index (κ3) is 3.30. The van der Waals surface area contributed by atoms with E-state index < -0.39 is 0 Å². The van der Waals surface area contributed by atoms with Crippen molar-refractivity contribution < 1.29 is 0 Å². The number of benzene rings is 1. The van der Waals surface area contributed by atoms with E-state index in [0.717, 1.165) is 27.9 Å². The molecule has 8 heteroatoms. The summed E-state index contributed by atoms with van der Waals surface area (Å²) in [5.74, 6) is 0.443. The Balaban J connectivity index is 1.62. The van der Waals surface area contributed by atoms with Gasteiger partial charge in [0.1, 0.15) is 0 Å². The second-order valence-corrected chi connectivity index (χ2v) is 6.36. The summed E-state index contributed by atoms with van der Waals surface area (Å²) >= 11 is 6.31. The van der Waals surface area contributed by atoms with Crippen molar-refractivity contribution in [2.45, 2.75) is 13.5 Å². The summed E-state index contributed by atoms with van der Waals surface area (Å²) in [5.41, 5.74) is 4.56. The average molecular weight is 376 g/mol. The first kappa shape index (κ1) is 16.9. The summed E-state index contributed by atoms with van der Waals surface area (Å²) in [6.07, 6.45) is 3.28. The van der Waals surface area contributed by atoms with Crippen molar-refractivity contribution in [1.82, 2.24) is 25.1 Å². The molecule has 0 spiro atoms. The Morgan fingerprint density at radius 2 is 2.15 bits per heavy atom. The highest BCUT2D eigenvalue weighted by molar-refractivity contribution is 6.33. The highest BCUT2D eigenvalue weighted by Crippen LogP contribution is 2.29. The van der Waals surface area contributed by atoms with Crippen LogP contribution >= 0.6 is 11.6 Å². The van der Waals surface area contributed by atoms with Gasteiger partial charge in [-0.05, 0) is 36.8 Å². The van der Waals surface area contributed by atoms with Gasteiger partial charge in [-0.25, -0.2) is 15.0 Å². The maximum Gasteiger partial charge on any atom is 0.223 e. The van der Waals surface area contributed by atoms with Crippen LogP contribution in [-0.4, -0.2) is 25.1 Å². The monoisotopic (exact) mass is 375 g/mol. The summed E-state index contributed by atoms with van der Waals surface area (Å²) in [6.45, 7) is 2.36. The zero-order valence-corrected chi connectivity index (χ0v) is 15.1. The number of nitrogens with one attached hydrogen (secondary N) is 2. The molecule has 0 atom stereocenters. The number of hydrogen-bond acceptors (Lipinski definition) is 6. The lowest BCUT2D eigenvalue weighted by Crippen LogP contribution is -2.05. The van der Waals surface area contributed by atoms with Gasteiger partial charge in [0.15, 0.2) is 5.65 Å². The van der Waals surface area contributed by atoms with Crippen molar-refractivity contribution in [3.05, 3.63) is 64.6 Å². The third-order valence-electron chi connectivity index (χ3n) is 4.18. The van der Waals surface area contributed by atoms with E-state index in [1.807, 2.05) is 31.2 Å². The topological polar surface area (TPSA) is 103 Å². The number of nitriles is 1. The number of fused-ring (bicyclic) bond motifs is 1. The molecule has 1 aromatic carbocycles. The second-order valence-electron chi connectivity index (χ2n) is 5.96. The third-order valence-corrected chi connectivity index (χ3v) is 4.46. The number of aromatic nitrogens is 5. The van der Waals surface area contributed by atoms with Crippen LogP contribution < -0.4 is 5.32 Å². The minimum atomic E-state index is 0.443. The Kier molecular flexibility index (Phi) is 4.40. The van der Waals surface area contributed by atoms with Crippen LogP contribution in [0.4, 0.5) is 5.95 Å². The van der Waals surface area contributed by atoms with Gasteiger partial charge in [-0.1, -0.05) is 17.7 Å². The zero-order chi connectivity index (χ0) is 18.8. The van der Waals surface area contributed by atoms with E-state index in [4.69, 9.17) is 16.9 Å². The lowest BCUT2D eigenvalue weighted by molar-refractivity contribution is 0.970. The van der Waals surface area contributed by atoms with Crippen LogP contribution in [-0.2, 0) is 6.54 Å². The number of aromatic amines is 1. The molecule has 0 saturated carbocycles. The van der Waals surface area contributed by atoms with Crippen molar-refractivity contribution in [3.63, 3.8) is 0 Å². The Bertz CT molecular complexity index is 1180. The van der Waals surface area contributed by atoms with Gasteiger partial charge < -0.3 is 5.32 Å². The van der Waals surface area contributed by atoms with Crippen molar-refractivity contribution in [3.8, 4) is 17.3 Å². The van der Waals surface area contributed by atoms with Crippen LogP contribution in [0, 0.1) is 18.3 Å². The molecule has 0 aliphatic rings. The SMILES string of the molecule is Cc1cc(C#N)ccc1-c1nc(NCc2n[nH]c3ncccc23)ncc1Cl. The van der Waals surface area contributed by atoms with Crippen LogP contribution in [0.25, 0.3) is 22.3 Å². The highest BCUT2D eigenvalue weighted by atomic mass is 35.5. The number of hydrogen-bond donors (Lipinski definition) is 2. The van der Waals surface area contributed by atoms with Gasteiger partial charge in [-0.2, -0.15) is 10.4 Å². The number of nitrogens with zero attached hydrogens (tertiary/aromatic N) is 5. The molecular formula is C19H14ClN7. The fourth-order valence-corrected chi connectivity index (χ4v) is 3.04. The van der Waals surface area contributed by atoms with Gasteiger partial charge in [-0.15, -0.1) is 0 Å². The minimum Gasteiger partial charge on any atom is -0.348 e. The molecule has 0 amide bonds. The predicted octanol–water partition coefficient (Wildman–Crippen LogP) is 3.86. The van der Waals surface area contributed by atoms with Crippen molar-refractivity contribution in [2.24, 2.45) is 0 Å². The summed E-state index contributed by atoms with van der Waals surface area (Å²) < 4.78 is 0. The number of halogens is 1. The first-order valence-electron chi connectivity index (χ1n) is 8.21. The molecule has 0 aliphatic carbocycles. The molecule has 3 aromatic heterocycles. The summed E-state index contributed by atoms with van der Waals surface area (Å²) in [5, 5.41) is 20.8. The van der Waals surface area contributed by atoms with Gasteiger partial charge in [0.25, 0.3) is 0 Å². The Morgan fingerprint density at radius 1 is 1.26 bits per heavy atom. The fraction of sp³-hybridized carbons (Fsp3) is 0.105. The number of anilines is 1. The number of pyridine rings is 1. The maximum absolute atomic E-state index is 9.03. The zero-order valence-electron chi connectivity index (χ0n) is 14.4. The van der Waals surface area contributed by atoms with Crippen LogP contribution in [0.15, 0.2) is 42.7 Å². The van der Waals surface area contributed by atoms with Crippen molar-refractivity contribution >= 4 is 28.6 Å². The molecule has 132 valence electrons. The Hall–Kier alpha value is -3.50. The highest BCUT2D eigenvalue weighted by Gasteiger charge is 2.12. The van der Waals surface area contributed by atoms with E-state index in [2.05, 4.69) is 36.5 Å². The summed E-state index contributed by atoms with van der Waals surface area (Å²) in [7, 11) is 0. The number of aryl methyl sites for hydroxylation is 1. The van der Waals surface area contributed by atoms with E-state index >= 15 is 0 Å². The molecule has 0 radical (unpaired) electrons. The van der Waals surface area contributed by atoms with Gasteiger partial charge in [0.2, 0.25) is 5.95 Å². The molecule has 7 nitrogen and oxygen atoms in total. The maximum atomic E-state index is 9.03. The van der Waals surface area contributed by atoms with E-state index in [1.165, 1.54) is 0 Å². The standard InChI is InChI=1S/C19H14ClN7/c1-11-7-12(8-21)4-5-13(11)17-15(20)9-23-19(25-17)24-10-16-14-3-2-6-22-18(14)27-26-16/h2-7,9H,10H2,1H3,(H,22,26,27)(H,23,24,25). The van der Waals surface area contributed by atoms with Crippen LogP contribution in [0.2, 0.25) is 5.02 Å². The molecule has 0 fully saturated rings. The molecule has 0 bridgehead atoms. The van der Waals surface area contributed by atoms with E-state index in [-0.39, 0.29) is 0 Å². The molecule has 2 N–H and O–H groups in total. The molecule has 0 saturated heterocycles. The molecule has 0 aliphatic heterocycles.